The number of nitrogens with zero attached hydrogens (tertiary/aromatic N) is 3. The summed E-state index contributed by atoms with van der Waals surface area (Å²) in [6.07, 6.45) is 4.88. The second-order valence-corrected chi connectivity index (χ2v) is 6.80. The van der Waals surface area contributed by atoms with Crippen LogP contribution in [0.25, 0.3) is 0 Å². The molecule has 26 heavy (non-hydrogen) atoms. The maximum atomic E-state index is 12.4. The van der Waals surface area contributed by atoms with Crippen molar-refractivity contribution in [3.05, 3.63) is 12.2 Å². The van der Waals surface area contributed by atoms with Crippen LogP contribution in [0.2, 0.25) is 0 Å². The molecule has 3 aliphatic rings. The summed E-state index contributed by atoms with van der Waals surface area (Å²) in [6, 6.07) is 0. The number of rotatable bonds is 4. The quantitative estimate of drug-likeness (QED) is 0.540. The van der Waals surface area contributed by atoms with E-state index < -0.39 is 0 Å². The van der Waals surface area contributed by atoms with Gasteiger partial charge in [0.25, 0.3) is 0 Å². The van der Waals surface area contributed by atoms with E-state index in [0.717, 1.165) is 0 Å². The van der Waals surface area contributed by atoms with E-state index in [1.165, 1.54) is 4.90 Å². The molecule has 2 atom stereocenters. The van der Waals surface area contributed by atoms with Crippen molar-refractivity contribution >= 4 is 23.8 Å². The molecule has 2 fully saturated rings. The average molecular weight is 363 g/mol. The highest BCUT2D eigenvalue weighted by molar-refractivity contribution is 6.05. The van der Waals surface area contributed by atoms with Gasteiger partial charge in [-0.15, -0.1) is 0 Å². The third-order valence-electron chi connectivity index (χ3n) is 5.31. The Morgan fingerprint density at radius 1 is 1.00 bits per heavy atom. The number of hydrogen-bond acceptors (Lipinski definition) is 5. The average Bonchev–Trinajstić information content (AvgIpc) is 2.91. The number of imide groups is 1. The Kier molecular flexibility index (Phi) is 5.58. The number of carbonyl (C=O) groups is 4. The number of fused-ring (bicyclic) bond motifs is 1. The molecule has 0 spiro atoms. The van der Waals surface area contributed by atoms with E-state index >= 15 is 0 Å². The lowest BCUT2D eigenvalue weighted by molar-refractivity contribution is -0.141. The fraction of sp³-hybridized carbons (Fsp3) is 0.667. The van der Waals surface area contributed by atoms with Crippen molar-refractivity contribution in [2.24, 2.45) is 11.8 Å². The van der Waals surface area contributed by atoms with Crippen molar-refractivity contribution in [1.82, 2.24) is 14.7 Å². The lowest BCUT2D eigenvalue weighted by atomic mass is 9.85. The summed E-state index contributed by atoms with van der Waals surface area (Å²) >= 11 is 0. The van der Waals surface area contributed by atoms with Crippen LogP contribution in [0.5, 0.6) is 0 Å². The van der Waals surface area contributed by atoms with Gasteiger partial charge in [0.1, 0.15) is 0 Å². The predicted molar refractivity (Wildman–Crippen MR) is 91.9 cm³/mol. The van der Waals surface area contributed by atoms with Crippen LogP contribution in [0.1, 0.15) is 26.2 Å². The molecule has 0 unspecified atom stereocenters. The number of amides is 4. The summed E-state index contributed by atoms with van der Waals surface area (Å²) in [5.74, 6) is -0.901. The highest BCUT2D eigenvalue weighted by Crippen LogP contribution is 2.35. The molecule has 0 aromatic rings. The van der Waals surface area contributed by atoms with Crippen molar-refractivity contribution in [1.29, 1.82) is 0 Å². The third-order valence-corrected chi connectivity index (χ3v) is 5.31. The third kappa shape index (κ3) is 3.59. The van der Waals surface area contributed by atoms with Gasteiger partial charge in [-0.05, 0) is 19.8 Å². The first kappa shape index (κ1) is 18.4. The summed E-state index contributed by atoms with van der Waals surface area (Å²) < 4.78 is 4.96. The maximum absolute atomic E-state index is 12.4. The lowest BCUT2D eigenvalue weighted by Crippen LogP contribution is -2.51. The molecule has 0 aromatic heterocycles. The van der Waals surface area contributed by atoms with Gasteiger partial charge in [-0.1, -0.05) is 12.2 Å². The second-order valence-electron chi connectivity index (χ2n) is 6.80. The molecule has 0 bridgehead atoms. The minimum atomic E-state index is -0.357. The summed E-state index contributed by atoms with van der Waals surface area (Å²) in [5, 5.41) is 0. The van der Waals surface area contributed by atoms with E-state index in [-0.39, 0.29) is 48.6 Å². The zero-order chi connectivity index (χ0) is 18.7. The van der Waals surface area contributed by atoms with Gasteiger partial charge in [-0.2, -0.15) is 0 Å². The Morgan fingerprint density at radius 2 is 1.54 bits per heavy atom. The molecular weight excluding hydrogens is 338 g/mol. The van der Waals surface area contributed by atoms with Gasteiger partial charge in [-0.25, -0.2) is 4.79 Å². The van der Waals surface area contributed by atoms with Gasteiger partial charge in [0.15, 0.2) is 0 Å². The topological polar surface area (TPSA) is 87.2 Å². The van der Waals surface area contributed by atoms with Gasteiger partial charge in [0.05, 0.1) is 18.4 Å². The Hall–Kier alpha value is -2.38. The smallest absolute Gasteiger partial charge is 0.409 e. The predicted octanol–water partition coefficient (Wildman–Crippen LogP) is 0.628. The van der Waals surface area contributed by atoms with E-state index in [1.54, 1.807) is 16.7 Å². The highest BCUT2D eigenvalue weighted by atomic mass is 16.6. The zero-order valence-electron chi connectivity index (χ0n) is 15.1. The molecule has 0 aromatic carbocycles. The van der Waals surface area contributed by atoms with E-state index in [1.807, 2.05) is 12.2 Å². The molecule has 142 valence electrons. The molecule has 0 radical (unpaired) electrons. The van der Waals surface area contributed by atoms with Gasteiger partial charge in [0, 0.05) is 39.1 Å². The van der Waals surface area contributed by atoms with E-state index in [0.29, 0.717) is 45.6 Å². The van der Waals surface area contributed by atoms with Crippen LogP contribution in [0.4, 0.5) is 4.79 Å². The number of likely N-dealkylation sites (tertiary alicyclic amines) is 1. The fourth-order valence-electron chi connectivity index (χ4n) is 3.81. The molecule has 0 N–H and O–H groups in total. The Labute approximate surface area is 152 Å². The van der Waals surface area contributed by atoms with Crippen LogP contribution in [0.3, 0.4) is 0 Å². The minimum absolute atomic E-state index is 0.0953. The lowest BCUT2D eigenvalue weighted by Gasteiger charge is -2.34. The Bertz CT molecular complexity index is 598. The standard InChI is InChI=1S/C18H25N3O5/c1-2-26-18(25)20-11-9-19(10-12-20)15(22)7-8-21-16(23)13-5-3-4-6-14(13)17(21)24/h3-4,13-14H,2,5-12H2,1H3/t13-,14+. The normalized spacial score (nSPS) is 25.5. The minimum Gasteiger partial charge on any atom is -0.450 e. The second kappa shape index (κ2) is 7.88. The highest BCUT2D eigenvalue weighted by Gasteiger charge is 2.47. The maximum Gasteiger partial charge on any atom is 0.409 e. The molecular formula is C18H25N3O5. The van der Waals surface area contributed by atoms with Gasteiger partial charge in [-0.3, -0.25) is 19.3 Å². The van der Waals surface area contributed by atoms with Crippen LogP contribution in [-0.2, 0) is 19.1 Å². The van der Waals surface area contributed by atoms with E-state index in [9.17, 15) is 19.2 Å². The molecule has 8 heteroatoms. The van der Waals surface area contributed by atoms with Crippen molar-refractivity contribution in [3.8, 4) is 0 Å². The van der Waals surface area contributed by atoms with Gasteiger partial charge in [0.2, 0.25) is 17.7 Å². The molecule has 3 rings (SSSR count). The number of hydrogen-bond donors (Lipinski definition) is 0. The van der Waals surface area contributed by atoms with E-state index in [4.69, 9.17) is 4.74 Å². The number of piperazine rings is 1. The number of ether oxygens (including phenoxy) is 1. The SMILES string of the molecule is CCOC(=O)N1CCN(C(=O)CCN2C(=O)[C@H]3CC=CC[C@H]3C2=O)CC1. The molecule has 1 aliphatic carbocycles. The summed E-state index contributed by atoms with van der Waals surface area (Å²) in [4.78, 5) is 53.4. The Morgan fingerprint density at radius 3 is 2.08 bits per heavy atom. The molecule has 2 heterocycles. The molecule has 8 nitrogen and oxygen atoms in total. The van der Waals surface area contributed by atoms with Crippen molar-refractivity contribution in [3.63, 3.8) is 0 Å². The molecule has 4 amide bonds. The first-order valence-corrected chi connectivity index (χ1v) is 9.22. The summed E-state index contributed by atoms with van der Waals surface area (Å²) in [7, 11) is 0. The van der Waals surface area contributed by atoms with Crippen LogP contribution < -0.4 is 0 Å². The van der Waals surface area contributed by atoms with Crippen LogP contribution >= 0.6 is 0 Å². The Balaban J connectivity index is 1.47. The van der Waals surface area contributed by atoms with Crippen molar-refractivity contribution in [2.75, 3.05) is 39.3 Å². The fourth-order valence-corrected chi connectivity index (χ4v) is 3.81. The monoisotopic (exact) mass is 363 g/mol. The molecule has 2 aliphatic heterocycles. The number of carbonyl (C=O) groups excluding carboxylic acids is 4. The number of allylic oxidation sites excluding steroid dienone is 2. The van der Waals surface area contributed by atoms with Gasteiger partial charge >= 0.3 is 6.09 Å². The van der Waals surface area contributed by atoms with Crippen LogP contribution in [0.15, 0.2) is 12.2 Å². The van der Waals surface area contributed by atoms with Crippen LogP contribution in [0, 0.1) is 11.8 Å². The van der Waals surface area contributed by atoms with E-state index in [2.05, 4.69) is 0 Å². The van der Waals surface area contributed by atoms with Crippen LogP contribution in [-0.4, -0.2) is 77.8 Å². The largest absolute Gasteiger partial charge is 0.450 e. The summed E-state index contributed by atoms with van der Waals surface area (Å²) in [5.41, 5.74) is 0. The molecule has 0 saturated carbocycles. The van der Waals surface area contributed by atoms with Gasteiger partial charge < -0.3 is 14.5 Å². The van der Waals surface area contributed by atoms with Crippen molar-refractivity contribution in [2.45, 2.75) is 26.2 Å². The first-order chi connectivity index (χ1) is 12.5. The molecule has 2 saturated heterocycles. The summed E-state index contributed by atoms with van der Waals surface area (Å²) in [6.45, 7) is 3.97. The zero-order valence-corrected chi connectivity index (χ0v) is 15.1. The first-order valence-electron chi connectivity index (χ1n) is 9.22. The van der Waals surface area contributed by atoms with Crippen molar-refractivity contribution < 1.29 is 23.9 Å².